The number of thioether (sulfide) groups is 1. The fraction of sp³-hybridized carbons (Fsp3) is 0.783. The van der Waals surface area contributed by atoms with Crippen LogP contribution in [0.1, 0.15) is 75.8 Å². The summed E-state index contributed by atoms with van der Waals surface area (Å²) in [7, 11) is 0. The molecule has 1 aromatic rings. The van der Waals surface area contributed by atoms with Crippen LogP contribution in [0, 0.1) is 34.5 Å². The average Bonchev–Trinajstić information content (AvgIpc) is 3.07. The van der Waals surface area contributed by atoms with Crippen LogP contribution in [0.2, 0.25) is 0 Å². The van der Waals surface area contributed by atoms with Crippen molar-refractivity contribution in [3.8, 4) is 11.9 Å². The van der Waals surface area contributed by atoms with Gasteiger partial charge in [-0.3, -0.25) is 4.79 Å². The molecule has 168 valence electrons. The van der Waals surface area contributed by atoms with E-state index in [1.807, 2.05) is 0 Å². The summed E-state index contributed by atoms with van der Waals surface area (Å²) in [6, 6.07) is 2.30. The first-order valence-electron chi connectivity index (χ1n) is 11.5. The fourth-order valence-corrected chi connectivity index (χ4v) is 7.31. The van der Waals surface area contributed by atoms with Crippen LogP contribution in [0.25, 0.3) is 0 Å². The highest BCUT2D eigenvalue weighted by Gasteiger charge is 2.55. The summed E-state index contributed by atoms with van der Waals surface area (Å²) in [6.07, 6.45) is 8.05. The lowest BCUT2D eigenvalue weighted by molar-refractivity contribution is -0.137. The monoisotopic (exact) mass is 445 g/mol. The zero-order chi connectivity index (χ0) is 21.8. The number of nitrogens with one attached hydrogen (secondary N) is 1. The Morgan fingerprint density at radius 3 is 2.65 bits per heavy atom. The third-order valence-electron chi connectivity index (χ3n) is 7.57. The molecule has 31 heavy (non-hydrogen) atoms. The van der Waals surface area contributed by atoms with Gasteiger partial charge in [0.15, 0.2) is 0 Å². The van der Waals surface area contributed by atoms with Crippen LogP contribution in [-0.2, 0) is 0 Å². The normalized spacial score (nSPS) is 34.3. The second-order valence-corrected chi connectivity index (χ2v) is 12.1. The van der Waals surface area contributed by atoms with Gasteiger partial charge in [-0.05, 0) is 81.7 Å². The Labute approximate surface area is 187 Å². The molecule has 0 aromatic carbocycles. The second kappa shape index (κ2) is 7.70. The maximum absolute atomic E-state index is 13.3. The zero-order valence-electron chi connectivity index (χ0n) is 18.2. The summed E-state index contributed by atoms with van der Waals surface area (Å²) < 4.78 is 11.3. The van der Waals surface area contributed by atoms with Gasteiger partial charge in [0.1, 0.15) is 11.5 Å². The number of nitrogens with zero attached hydrogens (tertiary/aromatic N) is 2. The third kappa shape index (κ3) is 4.07. The molecule has 1 heterocycles. The lowest BCUT2D eigenvalue weighted by Gasteiger charge is -2.58. The van der Waals surface area contributed by atoms with Gasteiger partial charge in [-0.25, -0.2) is 0 Å². The minimum Gasteiger partial charge on any atom is -0.473 e. The van der Waals surface area contributed by atoms with E-state index >= 15 is 0 Å². The summed E-state index contributed by atoms with van der Waals surface area (Å²) in [5, 5.41) is 27.8. The van der Waals surface area contributed by atoms with E-state index < -0.39 is 11.0 Å². The van der Waals surface area contributed by atoms with Crippen LogP contribution >= 0.6 is 11.8 Å². The van der Waals surface area contributed by atoms with Gasteiger partial charge in [0, 0.05) is 11.3 Å². The number of amides is 1. The molecule has 6 rings (SSSR count). The molecular formula is C23H31N3O4S. The van der Waals surface area contributed by atoms with Crippen molar-refractivity contribution in [3.63, 3.8) is 0 Å². The maximum Gasteiger partial charge on any atom is 0.291 e. The first-order chi connectivity index (χ1) is 14.8. The molecule has 5 fully saturated rings. The number of rotatable bonds is 7. The van der Waals surface area contributed by atoms with E-state index in [0.717, 1.165) is 44.9 Å². The summed E-state index contributed by atoms with van der Waals surface area (Å²) in [5.74, 6) is 1.54. The predicted molar refractivity (Wildman–Crippen MR) is 115 cm³/mol. The fourth-order valence-electron chi connectivity index (χ4n) is 5.98. The Morgan fingerprint density at radius 2 is 2.06 bits per heavy atom. The van der Waals surface area contributed by atoms with E-state index in [-0.39, 0.29) is 24.3 Å². The number of aromatic nitrogens is 1. The van der Waals surface area contributed by atoms with E-state index in [0.29, 0.717) is 33.8 Å². The van der Waals surface area contributed by atoms with E-state index in [9.17, 15) is 15.2 Å². The molecular weight excluding hydrogens is 414 g/mol. The second-order valence-electron chi connectivity index (χ2n) is 10.8. The molecule has 1 amide bonds. The molecule has 2 atom stereocenters. The molecule has 0 radical (unpaired) electrons. The van der Waals surface area contributed by atoms with Crippen LogP contribution in [0.3, 0.4) is 0 Å². The molecule has 8 heteroatoms. The quantitative estimate of drug-likeness (QED) is 0.655. The van der Waals surface area contributed by atoms with Crippen molar-refractivity contribution >= 4 is 17.7 Å². The van der Waals surface area contributed by atoms with Crippen molar-refractivity contribution in [3.05, 3.63) is 5.76 Å². The van der Waals surface area contributed by atoms with Crippen molar-refractivity contribution in [2.75, 3.05) is 6.61 Å². The number of hydrogen-bond donors (Lipinski definition) is 2. The maximum atomic E-state index is 13.3. The molecule has 7 nitrogen and oxygen atoms in total. The Hall–Kier alpha value is -1.72. The van der Waals surface area contributed by atoms with Crippen LogP contribution in [0.15, 0.2) is 9.42 Å². The highest BCUT2D eigenvalue weighted by Crippen LogP contribution is 2.55. The minimum atomic E-state index is -0.652. The molecule has 0 saturated heterocycles. The molecule has 2 N–H and O–H groups in total. The van der Waals surface area contributed by atoms with E-state index in [2.05, 4.69) is 16.5 Å². The van der Waals surface area contributed by atoms with Crippen molar-refractivity contribution in [2.45, 2.75) is 87.0 Å². The first kappa shape index (κ1) is 21.1. The van der Waals surface area contributed by atoms with Gasteiger partial charge in [0.2, 0.25) is 5.76 Å². The smallest absolute Gasteiger partial charge is 0.291 e. The first-order valence-corrected chi connectivity index (χ1v) is 12.4. The molecule has 0 spiro atoms. The summed E-state index contributed by atoms with van der Waals surface area (Å²) >= 11 is 1.60. The number of carbonyl (C=O) groups is 1. The van der Waals surface area contributed by atoms with Crippen molar-refractivity contribution < 1.29 is 19.2 Å². The van der Waals surface area contributed by atoms with Gasteiger partial charge in [-0.1, -0.05) is 6.42 Å². The van der Waals surface area contributed by atoms with Crippen LogP contribution < -0.4 is 10.1 Å². The van der Waals surface area contributed by atoms with Crippen LogP contribution in [0.4, 0.5) is 0 Å². The summed E-state index contributed by atoms with van der Waals surface area (Å²) in [4.78, 5) is 13.9. The largest absolute Gasteiger partial charge is 0.473 e. The molecule has 5 aliphatic rings. The minimum absolute atomic E-state index is 0.0814. The lowest BCUT2D eigenvalue weighted by atomic mass is 9.52. The van der Waals surface area contributed by atoms with Gasteiger partial charge in [0.05, 0.1) is 17.1 Å². The topological polar surface area (TPSA) is 108 Å². The molecule has 1 aromatic heterocycles. The summed E-state index contributed by atoms with van der Waals surface area (Å²) in [6.45, 7) is 3.79. The summed E-state index contributed by atoms with van der Waals surface area (Å²) in [5.41, 5.74) is -1.18. The molecule has 4 bridgehead atoms. The van der Waals surface area contributed by atoms with Gasteiger partial charge < -0.3 is 19.7 Å². The van der Waals surface area contributed by atoms with Gasteiger partial charge in [0.25, 0.3) is 11.8 Å². The zero-order valence-corrected chi connectivity index (χ0v) is 19.0. The van der Waals surface area contributed by atoms with E-state index in [1.165, 1.54) is 6.42 Å². The highest BCUT2D eigenvalue weighted by molar-refractivity contribution is 8.00. The number of hydrogen-bond acceptors (Lipinski definition) is 7. The van der Waals surface area contributed by atoms with Crippen molar-refractivity contribution in [1.29, 1.82) is 5.26 Å². The Morgan fingerprint density at radius 1 is 1.35 bits per heavy atom. The Kier molecular flexibility index (Phi) is 5.25. The Bertz CT molecular complexity index is 887. The van der Waals surface area contributed by atoms with Crippen LogP contribution in [0.5, 0.6) is 5.88 Å². The standard InChI is InChI=1S/C23H31N3O4S/c1-22(2,11-24)12-29-21-19(31-16-4-3-5-16)18(30-26-21)20(27)25-17-14-6-13-7-15(17)10-23(28,8-13)9-14/h13-17,28H,3-10,12H2,1-2H3,(H,25,27). The van der Waals surface area contributed by atoms with Gasteiger partial charge in [-0.2, -0.15) is 5.26 Å². The number of nitriles is 1. The third-order valence-corrected chi connectivity index (χ3v) is 8.97. The Balaban J connectivity index is 1.33. The molecule has 0 aliphatic heterocycles. The molecule has 2 unspecified atom stereocenters. The molecule has 5 saturated carbocycles. The average molecular weight is 446 g/mol. The van der Waals surface area contributed by atoms with Gasteiger partial charge in [-0.15, -0.1) is 11.8 Å². The molecule has 5 aliphatic carbocycles. The van der Waals surface area contributed by atoms with Gasteiger partial charge >= 0.3 is 0 Å². The highest BCUT2D eigenvalue weighted by atomic mass is 32.2. The van der Waals surface area contributed by atoms with Crippen molar-refractivity contribution in [1.82, 2.24) is 10.5 Å². The lowest BCUT2D eigenvalue weighted by Crippen LogP contribution is -2.61. The number of ether oxygens (including phenoxy) is 1. The van der Waals surface area contributed by atoms with Crippen molar-refractivity contribution in [2.24, 2.45) is 23.2 Å². The van der Waals surface area contributed by atoms with E-state index in [1.54, 1.807) is 25.6 Å². The predicted octanol–water partition coefficient (Wildman–Crippen LogP) is 3.92. The van der Waals surface area contributed by atoms with E-state index in [4.69, 9.17) is 9.26 Å². The van der Waals surface area contributed by atoms with Crippen LogP contribution in [-0.4, -0.2) is 39.7 Å². The number of carbonyl (C=O) groups excluding carboxylic acids is 1. The SMILES string of the molecule is CC(C)(C#N)COc1noc(C(=O)NC2C3CC4CC2CC(O)(C4)C3)c1SC1CCC1. The number of aliphatic hydroxyl groups is 1.